The Kier molecular flexibility index (Phi) is 5.13. The number of hydrogen-bond donors (Lipinski definition) is 2. The molecule has 0 saturated heterocycles. The summed E-state index contributed by atoms with van der Waals surface area (Å²) in [6, 6.07) is 1.25. The highest BCUT2D eigenvalue weighted by Crippen LogP contribution is 2.36. The fourth-order valence-electron chi connectivity index (χ4n) is 2.82. The third-order valence-corrected chi connectivity index (χ3v) is 4.17. The molecule has 0 saturated carbocycles. The molecule has 0 fully saturated rings. The minimum absolute atomic E-state index is 0.133. The third-order valence-electron chi connectivity index (χ3n) is 4.17. The van der Waals surface area contributed by atoms with Crippen LogP contribution < -0.4 is 5.32 Å². The van der Waals surface area contributed by atoms with Crippen molar-refractivity contribution < 1.29 is 35.8 Å². The SMILES string of the molecule is CC(C)(O)[C@@H](Nc1cc(C(F)(F)F)nc2ncnn12)c1ccc(C(F)(F)F)c(F)c1. The van der Waals surface area contributed by atoms with Crippen molar-refractivity contribution in [1.82, 2.24) is 19.6 Å². The molecule has 1 atom stereocenters. The molecule has 0 aliphatic carbocycles. The van der Waals surface area contributed by atoms with Crippen LogP contribution in [0.4, 0.5) is 36.6 Å². The van der Waals surface area contributed by atoms with E-state index in [1.165, 1.54) is 13.8 Å². The van der Waals surface area contributed by atoms with Gasteiger partial charge in [0.1, 0.15) is 18.0 Å². The molecule has 2 heterocycles. The Bertz CT molecular complexity index is 1070. The van der Waals surface area contributed by atoms with Crippen LogP contribution in [0.5, 0.6) is 0 Å². The van der Waals surface area contributed by atoms with Gasteiger partial charge in [0.05, 0.1) is 17.2 Å². The molecule has 0 aliphatic rings. The van der Waals surface area contributed by atoms with Gasteiger partial charge in [0.15, 0.2) is 5.69 Å². The zero-order valence-electron chi connectivity index (χ0n) is 15.3. The van der Waals surface area contributed by atoms with Crippen molar-refractivity contribution in [2.45, 2.75) is 37.8 Å². The average molecular weight is 437 g/mol. The fraction of sp³-hybridized carbons (Fsp3) is 0.353. The number of fused-ring (bicyclic) bond motifs is 1. The standard InChI is InChI=1S/C17H14F7N5O/c1-15(2,30)13(8-3-4-9(10(18)5-8)16(19,20)21)28-12-6-11(17(22,23)24)27-14-25-7-26-29(12)14/h3-7,13,28,30H,1-2H3/t13-/m0/s1. The van der Waals surface area contributed by atoms with E-state index in [1.807, 2.05) is 0 Å². The van der Waals surface area contributed by atoms with Crippen LogP contribution >= 0.6 is 0 Å². The first kappa shape index (κ1) is 21.7. The van der Waals surface area contributed by atoms with Gasteiger partial charge in [-0.15, -0.1) is 0 Å². The lowest BCUT2D eigenvalue weighted by Gasteiger charge is -2.31. The van der Waals surface area contributed by atoms with Crippen LogP contribution in [-0.4, -0.2) is 30.3 Å². The molecule has 0 bridgehead atoms. The van der Waals surface area contributed by atoms with E-state index in [4.69, 9.17) is 0 Å². The molecule has 0 radical (unpaired) electrons. The highest BCUT2D eigenvalue weighted by molar-refractivity contribution is 5.48. The van der Waals surface area contributed by atoms with Gasteiger partial charge in [-0.2, -0.15) is 40.9 Å². The van der Waals surface area contributed by atoms with Crippen LogP contribution in [0.15, 0.2) is 30.6 Å². The number of benzene rings is 1. The molecule has 2 N–H and O–H groups in total. The van der Waals surface area contributed by atoms with Gasteiger partial charge in [0.2, 0.25) is 0 Å². The summed E-state index contributed by atoms with van der Waals surface area (Å²) in [5.41, 5.74) is -4.69. The number of nitrogens with one attached hydrogen (secondary N) is 1. The van der Waals surface area contributed by atoms with Crippen LogP contribution in [0.3, 0.4) is 0 Å². The Balaban J connectivity index is 2.10. The molecule has 0 aliphatic heterocycles. The zero-order valence-corrected chi connectivity index (χ0v) is 15.3. The van der Waals surface area contributed by atoms with Gasteiger partial charge >= 0.3 is 12.4 Å². The number of rotatable bonds is 4. The summed E-state index contributed by atoms with van der Waals surface area (Å²) in [7, 11) is 0. The molecular weight excluding hydrogens is 423 g/mol. The Morgan fingerprint density at radius 1 is 1.03 bits per heavy atom. The molecule has 2 aromatic heterocycles. The zero-order chi connectivity index (χ0) is 22.5. The second-order valence-electron chi connectivity index (χ2n) is 6.96. The average Bonchev–Trinajstić information content (AvgIpc) is 3.05. The normalized spacial score (nSPS) is 14.2. The van der Waals surface area contributed by atoms with Gasteiger partial charge < -0.3 is 10.4 Å². The minimum Gasteiger partial charge on any atom is -0.388 e. The summed E-state index contributed by atoms with van der Waals surface area (Å²) in [5.74, 6) is -2.30. The van der Waals surface area contributed by atoms with Gasteiger partial charge in [0.25, 0.3) is 5.78 Å². The van der Waals surface area contributed by atoms with Crippen molar-refractivity contribution in [3.05, 3.63) is 53.2 Å². The maximum Gasteiger partial charge on any atom is 0.433 e. The van der Waals surface area contributed by atoms with E-state index in [1.54, 1.807) is 0 Å². The van der Waals surface area contributed by atoms with Crippen molar-refractivity contribution in [3.63, 3.8) is 0 Å². The topological polar surface area (TPSA) is 75.3 Å². The van der Waals surface area contributed by atoms with Crippen LogP contribution in [-0.2, 0) is 12.4 Å². The highest BCUT2D eigenvalue weighted by Gasteiger charge is 2.37. The maximum atomic E-state index is 14.0. The molecule has 0 spiro atoms. The summed E-state index contributed by atoms with van der Waals surface area (Å²) in [6.45, 7) is 2.51. The van der Waals surface area contributed by atoms with Gasteiger partial charge in [-0.05, 0) is 31.5 Å². The minimum atomic E-state index is -4.93. The number of hydrogen-bond acceptors (Lipinski definition) is 5. The van der Waals surface area contributed by atoms with E-state index in [0.717, 1.165) is 16.9 Å². The molecular formula is C17H14F7N5O. The van der Waals surface area contributed by atoms with Gasteiger partial charge in [-0.1, -0.05) is 6.07 Å². The fourth-order valence-corrected chi connectivity index (χ4v) is 2.82. The van der Waals surface area contributed by atoms with Crippen LogP contribution in [0.2, 0.25) is 0 Å². The third kappa shape index (κ3) is 4.30. The van der Waals surface area contributed by atoms with Crippen LogP contribution in [0.1, 0.15) is 36.7 Å². The van der Waals surface area contributed by atoms with E-state index in [-0.39, 0.29) is 11.4 Å². The molecule has 3 aromatic rings. The highest BCUT2D eigenvalue weighted by atomic mass is 19.4. The summed E-state index contributed by atoms with van der Waals surface area (Å²) >= 11 is 0. The van der Waals surface area contributed by atoms with E-state index in [0.29, 0.717) is 18.2 Å². The largest absolute Gasteiger partial charge is 0.433 e. The lowest BCUT2D eigenvalue weighted by Crippen LogP contribution is -2.35. The van der Waals surface area contributed by atoms with E-state index in [9.17, 15) is 35.8 Å². The van der Waals surface area contributed by atoms with Crippen molar-refractivity contribution >= 4 is 11.6 Å². The van der Waals surface area contributed by atoms with E-state index >= 15 is 0 Å². The van der Waals surface area contributed by atoms with Crippen molar-refractivity contribution in [2.75, 3.05) is 5.32 Å². The summed E-state index contributed by atoms with van der Waals surface area (Å²) in [4.78, 5) is 6.94. The predicted molar refractivity (Wildman–Crippen MR) is 89.8 cm³/mol. The smallest absolute Gasteiger partial charge is 0.388 e. The Morgan fingerprint density at radius 3 is 2.23 bits per heavy atom. The van der Waals surface area contributed by atoms with Crippen molar-refractivity contribution in [1.29, 1.82) is 0 Å². The molecule has 0 unspecified atom stereocenters. The first-order valence-electron chi connectivity index (χ1n) is 8.31. The number of aliphatic hydroxyl groups is 1. The predicted octanol–water partition coefficient (Wildman–Crippen LogP) is 4.23. The monoisotopic (exact) mass is 437 g/mol. The number of nitrogens with zero attached hydrogens (tertiary/aromatic N) is 4. The molecule has 3 rings (SSSR count). The second kappa shape index (κ2) is 7.07. The second-order valence-corrected chi connectivity index (χ2v) is 6.96. The Hall–Kier alpha value is -2.96. The van der Waals surface area contributed by atoms with Gasteiger partial charge in [-0.25, -0.2) is 9.37 Å². The van der Waals surface area contributed by atoms with E-state index in [2.05, 4.69) is 20.4 Å². The molecule has 6 nitrogen and oxygen atoms in total. The number of aromatic nitrogens is 4. The van der Waals surface area contributed by atoms with Crippen molar-refractivity contribution in [3.8, 4) is 0 Å². The molecule has 162 valence electrons. The summed E-state index contributed by atoms with van der Waals surface area (Å²) < 4.78 is 92.9. The van der Waals surface area contributed by atoms with Gasteiger partial charge in [-0.3, -0.25) is 0 Å². The number of alkyl halides is 6. The first-order chi connectivity index (χ1) is 13.7. The summed E-state index contributed by atoms with van der Waals surface area (Å²) in [5, 5.41) is 16.8. The summed E-state index contributed by atoms with van der Waals surface area (Å²) in [6.07, 6.45) is -8.81. The Morgan fingerprint density at radius 2 is 1.70 bits per heavy atom. The number of anilines is 1. The molecule has 13 heteroatoms. The molecule has 30 heavy (non-hydrogen) atoms. The lowest BCUT2D eigenvalue weighted by atomic mass is 9.91. The van der Waals surface area contributed by atoms with Crippen LogP contribution in [0.25, 0.3) is 5.78 Å². The maximum absolute atomic E-state index is 14.0. The van der Waals surface area contributed by atoms with E-state index < -0.39 is 46.8 Å². The van der Waals surface area contributed by atoms with Crippen LogP contribution in [0, 0.1) is 5.82 Å². The van der Waals surface area contributed by atoms with Gasteiger partial charge in [0, 0.05) is 6.07 Å². The molecule has 0 amide bonds. The van der Waals surface area contributed by atoms with Crippen molar-refractivity contribution in [2.24, 2.45) is 0 Å². The Labute approximate surface area is 164 Å². The lowest BCUT2D eigenvalue weighted by molar-refractivity contribution is -0.141. The number of halogens is 7. The quantitative estimate of drug-likeness (QED) is 0.598. The first-order valence-corrected chi connectivity index (χ1v) is 8.31. The molecule has 1 aromatic carbocycles.